The van der Waals surface area contributed by atoms with E-state index in [4.69, 9.17) is 27.9 Å². The van der Waals surface area contributed by atoms with Crippen LogP contribution < -0.4 is 15.6 Å². The molecule has 0 aliphatic carbocycles. The van der Waals surface area contributed by atoms with Crippen LogP contribution in [0.2, 0.25) is 10.0 Å². The summed E-state index contributed by atoms with van der Waals surface area (Å²) in [4.78, 5) is 28.4. The molecule has 8 heteroatoms. The van der Waals surface area contributed by atoms with Crippen LogP contribution in [0, 0.1) is 0 Å². The first-order chi connectivity index (χ1) is 14.0. The monoisotopic (exact) mass is 431 g/mol. The molecule has 6 nitrogen and oxygen atoms in total. The summed E-state index contributed by atoms with van der Waals surface area (Å²) < 4.78 is 6.09. The van der Waals surface area contributed by atoms with Gasteiger partial charge in [-0.3, -0.25) is 4.79 Å². The van der Waals surface area contributed by atoms with Gasteiger partial charge in [0, 0.05) is 48.6 Å². The molecule has 3 aromatic rings. The molecule has 1 fully saturated rings. The summed E-state index contributed by atoms with van der Waals surface area (Å²) in [5.41, 5.74) is 1.26. The minimum absolute atomic E-state index is 0.0317. The topological polar surface area (TPSA) is 74.4 Å². The van der Waals surface area contributed by atoms with Crippen LogP contribution in [0.15, 0.2) is 53.3 Å². The van der Waals surface area contributed by atoms with Gasteiger partial charge in [0.05, 0.1) is 10.0 Å². The number of amides is 2. The number of nitrogens with zero attached hydrogens (tertiary/aromatic N) is 1. The van der Waals surface area contributed by atoms with Gasteiger partial charge in [0.2, 0.25) is 5.56 Å². The number of piperidine rings is 1. The van der Waals surface area contributed by atoms with E-state index in [1.807, 2.05) is 18.2 Å². The predicted octanol–water partition coefficient (Wildman–Crippen LogP) is 4.91. The van der Waals surface area contributed by atoms with Gasteiger partial charge in [-0.1, -0.05) is 23.2 Å². The molecule has 1 aliphatic heterocycles. The second-order valence-electron chi connectivity index (χ2n) is 6.93. The second-order valence-corrected chi connectivity index (χ2v) is 7.75. The Kier molecular flexibility index (Phi) is 5.65. The number of carbonyl (C=O) groups excluding carboxylic acids is 1. The number of halogens is 2. The lowest BCUT2D eigenvalue weighted by atomic mass is 10.1. The lowest BCUT2D eigenvalue weighted by Gasteiger charge is -2.32. The molecular weight excluding hydrogens is 413 g/mol. The van der Waals surface area contributed by atoms with Crippen LogP contribution in [-0.4, -0.2) is 35.1 Å². The molecule has 1 saturated heterocycles. The lowest BCUT2D eigenvalue weighted by molar-refractivity contribution is 0.115. The number of hydrogen-bond acceptors (Lipinski definition) is 3. The van der Waals surface area contributed by atoms with Crippen molar-refractivity contribution in [3.05, 3.63) is 68.9 Å². The summed E-state index contributed by atoms with van der Waals surface area (Å²) >= 11 is 11.9. The predicted molar refractivity (Wildman–Crippen MR) is 115 cm³/mol. The summed E-state index contributed by atoms with van der Waals surface area (Å²) in [5, 5.41) is 4.61. The van der Waals surface area contributed by atoms with E-state index in [2.05, 4.69) is 10.3 Å². The Morgan fingerprint density at radius 3 is 2.59 bits per heavy atom. The number of carbonyl (C=O) groups is 1. The fourth-order valence-corrected chi connectivity index (χ4v) is 3.65. The minimum Gasteiger partial charge on any atom is -0.490 e. The largest absolute Gasteiger partial charge is 0.490 e. The number of hydrogen-bond donors (Lipinski definition) is 2. The molecule has 0 atom stereocenters. The zero-order valence-corrected chi connectivity index (χ0v) is 17.0. The van der Waals surface area contributed by atoms with Gasteiger partial charge in [0.15, 0.2) is 0 Å². The molecule has 1 aliphatic rings. The Balaban J connectivity index is 1.33. The third kappa shape index (κ3) is 4.66. The highest BCUT2D eigenvalue weighted by Gasteiger charge is 2.24. The van der Waals surface area contributed by atoms with Gasteiger partial charge in [0.1, 0.15) is 11.9 Å². The van der Waals surface area contributed by atoms with E-state index in [9.17, 15) is 9.59 Å². The van der Waals surface area contributed by atoms with Crippen molar-refractivity contribution < 1.29 is 9.53 Å². The standard InChI is InChI=1S/C21H19Cl2N3O3/c22-17-4-2-14(12-18(17)23)24-21(28)26-9-7-15(8-10-26)29-16-3-5-19-13(11-16)1-6-20(27)25-19/h1-6,11-12,15H,7-10H2,(H,24,28)(H,25,27). The fourth-order valence-electron chi connectivity index (χ4n) is 3.35. The van der Waals surface area contributed by atoms with Gasteiger partial charge in [-0.25, -0.2) is 4.79 Å². The molecule has 150 valence electrons. The number of urea groups is 1. The van der Waals surface area contributed by atoms with Crippen molar-refractivity contribution in [1.82, 2.24) is 9.88 Å². The van der Waals surface area contributed by atoms with Gasteiger partial charge >= 0.3 is 6.03 Å². The first kappa shape index (κ1) is 19.6. The van der Waals surface area contributed by atoms with Gasteiger partial charge in [0.25, 0.3) is 0 Å². The number of H-pyrrole nitrogens is 1. The maximum atomic E-state index is 12.5. The van der Waals surface area contributed by atoms with Crippen molar-refractivity contribution in [2.45, 2.75) is 18.9 Å². The minimum atomic E-state index is -0.170. The van der Waals surface area contributed by atoms with Crippen LogP contribution in [0.1, 0.15) is 12.8 Å². The van der Waals surface area contributed by atoms with Crippen molar-refractivity contribution >= 4 is 45.8 Å². The lowest BCUT2D eigenvalue weighted by Crippen LogP contribution is -2.43. The Labute approximate surface area is 177 Å². The number of ether oxygens (including phenoxy) is 1. The SMILES string of the molecule is O=C(Nc1ccc(Cl)c(Cl)c1)N1CCC(Oc2ccc3[nH]c(=O)ccc3c2)CC1. The zero-order chi connectivity index (χ0) is 20.4. The molecule has 0 unspecified atom stereocenters. The average molecular weight is 432 g/mol. The van der Waals surface area contributed by atoms with Crippen molar-refractivity contribution in [2.75, 3.05) is 18.4 Å². The molecule has 29 heavy (non-hydrogen) atoms. The van der Waals surface area contributed by atoms with E-state index < -0.39 is 0 Å². The Bertz CT molecular complexity index is 1110. The number of aromatic amines is 1. The summed E-state index contributed by atoms with van der Waals surface area (Å²) in [6.45, 7) is 1.19. The zero-order valence-electron chi connectivity index (χ0n) is 15.5. The molecule has 2 amide bonds. The van der Waals surface area contributed by atoms with Crippen LogP contribution in [0.3, 0.4) is 0 Å². The highest BCUT2D eigenvalue weighted by molar-refractivity contribution is 6.42. The van der Waals surface area contributed by atoms with Gasteiger partial charge in [-0.2, -0.15) is 0 Å². The maximum Gasteiger partial charge on any atom is 0.321 e. The van der Waals surface area contributed by atoms with Crippen molar-refractivity contribution in [2.24, 2.45) is 0 Å². The molecule has 2 N–H and O–H groups in total. The van der Waals surface area contributed by atoms with Gasteiger partial charge < -0.3 is 19.9 Å². The highest BCUT2D eigenvalue weighted by Crippen LogP contribution is 2.26. The number of fused-ring (bicyclic) bond motifs is 1. The number of aromatic nitrogens is 1. The number of pyridine rings is 1. The molecule has 0 bridgehead atoms. The number of rotatable bonds is 3. The van der Waals surface area contributed by atoms with Crippen LogP contribution in [0.25, 0.3) is 10.9 Å². The summed E-state index contributed by atoms with van der Waals surface area (Å²) in [7, 11) is 0. The van der Waals surface area contributed by atoms with E-state index >= 15 is 0 Å². The third-order valence-electron chi connectivity index (χ3n) is 4.90. The Hall–Kier alpha value is -2.70. The van der Waals surface area contributed by atoms with Crippen molar-refractivity contribution in [3.63, 3.8) is 0 Å². The summed E-state index contributed by atoms with van der Waals surface area (Å²) in [6.07, 6.45) is 1.50. The van der Waals surface area contributed by atoms with E-state index in [1.165, 1.54) is 6.07 Å². The molecular formula is C21H19Cl2N3O3. The van der Waals surface area contributed by atoms with Gasteiger partial charge in [-0.15, -0.1) is 0 Å². The molecule has 0 saturated carbocycles. The van der Waals surface area contributed by atoms with Crippen LogP contribution in [-0.2, 0) is 0 Å². The first-order valence-corrected chi connectivity index (χ1v) is 10.0. The van der Waals surface area contributed by atoms with Crippen LogP contribution in [0.4, 0.5) is 10.5 Å². The maximum absolute atomic E-state index is 12.5. The van der Waals surface area contributed by atoms with E-state index in [1.54, 1.807) is 29.2 Å². The van der Waals surface area contributed by atoms with Gasteiger partial charge in [-0.05, 0) is 42.5 Å². The Morgan fingerprint density at radius 2 is 1.83 bits per heavy atom. The summed E-state index contributed by atoms with van der Waals surface area (Å²) in [5.74, 6) is 0.753. The molecule has 2 heterocycles. The number of benzene rings is 2. The number of likely N-dealkylation sites (tertiary alicyclic amines) is 1. The Morgan fingerprint density at radius 1 is 1.03 bits per heavy atom. The first-order valence-electron chi connectivity index (χ1n) is 9.29. The number of anilines is 1. The normalized spacial score (nSPS) is 14.8. The number of nitrogens with one attached hydrogen (secondary N) is 2. The highest BCUT2D eigenvalue weighted by atomic mass is 35.5. The molecule has 4 rings (SSSR count). The van der Waals surface area contributed by atoms with Crippen LogP contribution >= 0.6 is 23.2 Å². The van der Waals surface area contributed by atoms with E-state index in [-0.39, 0.29) is 17.7 Å². The molecule has 1 aromatic heterocycles. The molecule has 0 spiro atoms. The van der Waals surface area contributed by atoms with Crippen molar-refractivity contribution in [3.8, 4) is 5.75 Å². The summed E-state index contributed by atoms with van der Waals surface area (Å²) in [6, 6.07) is 13.7. The molecule has 2 aromatic carbocycles. The molecule has 0 radical (unpaired) electrons. The quantitative estimate of drug-likeness (QED) is 0.618. The third-order valence-corrected chi connectivity index (χ3v) is 5.64. The van der Waals surface area contributed by atoms with E-state index in [0.29, 0.717) is 28.8 Å². The van der Waals surface area contributed by atoms with Crippen LogP contribution in [0.5, 0.6) is 5.75 Å². The fraction of sp³-hybridized carbons (Fsp3) is 0.238. The van der Waals surface area contributed by atoms with E-state index in [0.717, 1.165) is 29.5 Å². The second kappa shape index (κ2) is 8.35. The smallest absolute Gasteiger partial charge is 0.321 e. The average Bonchev–Trinajstić information content (AvgIpc) is 2.71. The van der Waals surface area contributed by atoms with Crippen molar-refractivity contribution in [1.29, 1.82) is 0 Å².